The first-order valence-corrected chi connectivity index (χ1v) is 11.0. The number of aliphatic imine (C=N–C) groups is 1. The first-order chi connectivity index (χ1) is 13.9. The van der Waals surface area contributed by atoms with Gasteiger partial charge in [0, 0.05) is 23.8 Å². The second-order valence-corrected chi connectivity index (χ2v) is 8.89. The smallest absolute Gasteiger partial charge is 0.266 e. The fraction of sp³-hybridized carbons (Fsp3) is 0.100. The van der Waals surface area contributed by atoms with Gasteiger partial charge in [0.2, 0.25) is 5.96 Å². The van der Waals surface area contributed by atoms with E-state index in [1.165, 1.54) is 6.20 Å². The molecule has 0 spiro atoms. The van der Waals surface area contributed by atoms with Crippen LogP contribution in [0, 0.1) is 0 Å². The number of nitrogens with one attached hydrogen (secondary N) is 2. The molecule has 9 heteroatoms. The van der Waals surface area contributed by atoms with E-state index in [9.17, 15) is 8.42 Å². The number of benzene rings is 2. The van der Waals surface area contributed by atoms with E-state index in [4.69, 9.17) is 23.2 Å². The Balaban J connectivity index is 1.69. The van der Waals surface area contributed by atoms with Crippen LogP contribution in [0.5, 0.6) is 0 Å². The Kier molecular flexibility index (Phi) is 5.45. The molecule has 0 saturated heterocycles. The van der Waals surface area contributed by atoms with E-state index in [1.807, 2.05) is 30.3 Å². The summed E-state index contributed by atoms with van der Waals surface area (Å²) in [6.45, 7) is 0.203. The third kappa shape index (κ3) is 4.22. The number of anilines is 1. The number of sulfonamides is 1. The fourth-order valence-corrected chi connectivity index (χ4v) is 4.60. The molecule has 3 aromatic rings. The van der Waals surface area contributed by atoms with Crippen molar-refractivity contribution in [2.75, 3.05) is 5.32 Å². The molecule has 0 aliphatic carbocycles. The molecule has 0 radical (unpaired) electrons. The summed E-state index contributed by atoms with van der Waals surface area (Å²) in [6.07, 6.45) is 3.61. The van der Waals surface area contributed by atoms with E-state index in [-0.39, 0.29) is 17.4 Å². The number of guanidine groups is 1. The number of para-hydroxylation sites is 1. The van der Waals surface area contributed by atoms with Gasteiger partial charge in [0.15, 0.2) is 0 Å². The molecule has 1 aliphatic rings. The largest absolute Gasteiger partial charge is 0.324 e. The number of nitrogens with zero attached hydrogens (tertiary/aromatic N) is 2. The zero-order chi connectivity index (χ0) is 20.4. The minimum absolute atomic E-state index is 0.136. The highest BCUT2D eigenvalue weighted by atomic mass is 35.5. The number of hydrogen-bond acceptors (Lipinski definition) is 4. The molecule has 6 nitrogen and oxygen atoms in total. The first-order valence-electron chi connectivity index (χ1n) is 8.72. The van der Waals surface area contributed by atoms with Crippen molar-refractivity contribution in [2.45, 2.75) is 17.9 Å². The first kappa shape index (κ1) is 19.7. The van der Waals surface area contributed by atoms with Crippen molar-refractivity contribution in [3.63, 3.8) is 0 Å². The molecule has 0 saturated carbocycles. The lowest BCUT2D eigenvalue weighted by atomic mass is 10.0. The Morgan fingerprint density at radius 1 is 0.931 bits per heavy atom. The molecular weight excluding hydrogens is 431 g/mol. The molecule has 0 fully saturated rings. The Bertz CT molecular complexity index is 1210. The van der Waals surface area contributed by atoms with Gasteiger partial charge in [-0.15, -0.1) is 0 Å². The average molecular weight is 447 g/mol. The van der Waals surface area contributed by atoms with Gasteiger partial charge in [-0.1, -0.05) is 53.5 Å². The lowest BCUT2D eigenvalue weighted by Crippen LogP contribution is -2.41. The van der Waals surface area contributed by atoms with E-state index in [0.29, 0.717) is 22.2 Å². The normalized spacial score (nSPS) is 16.0. The van der Waals surface area contributed by atoms with Crippen LogP contribution in [0.4, 0.5) is 5.69 Å². The van der Waals surface area contributed by atoms with Crippen LogP contribution in [0.3, 0.4) is 0 Å². The molecule has 0 unspecified atom stereocenters. The predicted octanol–water partition coefficient (Wildman–Crippen LogP) is 4.24. The van der Waals surface area contributed by atoms with Gasteiger partial charge < -0.3 is 5.32 Å². The summed E-state index contributed by atoms with van der Waals surface area (Å²) in [5.41, 5.74) is 2.94. The van der Waals surface area contributed by atoms with Gasteiger partial charge in [0.25, 0.3) is 10.0 Å². The van der Waals surface area contributed by atoms with Gasteiger partial charge in [-0.05, 0) is 34.9 Å². The van der Waals surface area contributed by atoms with E-state index in [2.05, 4.69) is 20.0 Å². The molecule has 0 atom stereocenters. The van der Waals surface area contributed by atoms with Crippen molar-refractivity contribution in [2.24, 2.45) is 4.99 Å². The number of rotatable bonds is 4. The predicted molar refractivity (Wildman–Crippen MR) is 115 cm³/mol. The van der Waals surface area contributed by atoms with Gasteiger partial charge in [-0.25, -0.2) is 18.1 Å². The van der Waals surface area contributed by atoms with Crippen LogP contribution in [-0.2, 0) is 23.0 Å². The molecule has 0 amide bonds. The third-order valence-corrected chi connectivity index (χ3v) is 6.57. The van der Waals surface area contributed by atoms with Crippen LogP contribution in [-0.4, -0.2) is 19.4 Å². The summed E-state index contributed by atoms with van der Waals surface area (Å²) in [7, 11) is -3.75. The summed E-state index contributed by atoms with van der Waals surface area (Å²) in [5, 5.41) is 4.20. The minimum Gasteiger partial charge on any atom is -0.324 e. The Hall–Kier alpha value is -2.61. The minimum atomic E-state index is -3.75. The maximum absolute atomic E-state index is 12.7. The van der Waals surface area contributed by atoms with Crippen LogP contribution < -0.4 is 10.0 Å². The van der Waals surface area contributed by atoms with Crippen molar-refractivity contribution in [1.29, 1.82) is 0 Å². The van der Waals surface area contributed by atoms with Crippen molar-refractivity contribution >= 4 is 44.9 Å². The summed E-state index contributed by atoms with van der Waals surface area (Å²) < 4.78 is 27.9. The Labute approximate surface area is 178 Å². The van der Waals surface area contributed by atoms with Crippen LogP contribution in [0.15, 0.2) is 70.8 Å². The zero-order valence-electron chi connectivity index (χ0n) is 15.1. The second-order valence-electron chi connectivity index (χ2n) is 6.42. The van der Waals surface area contributed by atoms with E-state index in [0.717, 1.165) is 16.7 Å². The quantitative estimate of drug-likeness (QED) is 0.627. The molecule has 148 valence electrons. The van der Waals surface area contributed by atoms with Gasteiger partial charge in [-0.2, -0.15) is 0 Å². The van der Waals surface area contributed by atoms with E-state index in [1.54, 1.807) is 24.4 Å². The highest BCUT2D eigenvalue weighted by Gasteiger charge is 2.28. The fourth-order valence-electron chi connectivity index (χ4n) is 3.03. The Morgan fingerprint density at radius 3 is 2.52 bits per heavy atom. The standard InChI is InChI=1S/C20H16Cl2N4O2S/c21-16-6-2-1-4-13(16)10-14-5-3-7-18-19(14)25-20(26-29(18,27)28)24-11-15-8-9-23-12-17(15)22/h1-9,12H,10-11H2,(H2,24,25,26). The zero-order valence-corrected chi connectivity index (χ0v) is 17.4. The summed E-state index contributed by atoms with van der Waals surface area (Å²) in [5.74, 6) is 0.136. The van der Waals surface area contributed by atoms with Crippen LogP contribution in [0.25, 0.3) is 0 Å². The van der Waals surface area contributed by atoms with Crippen molar-refractivity contribution < 1.29 is 8.42 Å². The van der Waals surface area contributed by atoms with Crippen molar-refractivity contribution in [3.05, 3.63) is 87.7 Å². The molecule has 29 heavy (non-hydrogen) atoms. The molecule has 1 aliphatic heterocycles. The maximum Gasteiger partial charge on any atom is 0.266 e. The summed E-state index contributed by atoms with van der Waals surface area (Å²) in [4.78, 5) is 8.45. The van der Waals surface area contributed by atoms with E-state index < -0.39 is 10.0 Å². The van der Waals surface area contributed by atoms with Crippen LogP contribution in [0.1, 0.15) is 16.7 Å². The van der Waals surface area contributed by atoms with Gasteiger partial charge >= 0.3 is 0 Å². The van der Waals surface area contributed by atoms with Gasteiger partial charge in [0.1, 0.15) is 4.90 Å². The molecule has 0 bridgehead atoms. The lowest BCUT2D eigenvalue weighted by molar-refractivity contribution is 0.591. The number of halogens is 2. The molecule has 2 heterocycles. The highest BCUT2D eigenvalue weighted by Crippen LogP contribution is 2.31. The number of aromatic nitrogens is 1. The number of hydrogen-bond donors (Lipinski definition) is 2. The van der Waals surface area contributed by atoms with E-state index >= 15 is 0 Å². The molecular formula is C20H16Cl2N4O2S. The van der Waals surface area contributed by atoms with Crippen molar-refractivity contribution in [3.8, 4) is 0 Å². The third-order valence-electron chi connectivity index (χ3n) is 4.48. The van der Waals surface area contributed by atoms with Crippen molar-refractivity contribution in [1.82, 2.24) is 9.71 Å². The summed E-state index contributed by atoms with van der Waals surface area (Å²) in [6, 6.07) is 14.3. The van der Waals surface area contributed by atoms with Crippen LogP contribution >= 0.6 is 23.2 Å². The lowest BCUT2D eigenvalue weighted by Gasteiger charge is -2.24. The molecule has 4 rings (SSSR count). The molecule has 2 N–H and O–H groups in total. The van der Waals surface area contributed by atoms with Gasteiger partial charge in [-0.3, -0.25) is 4.98 Å². The highest BCUT2D eigenvalue weighted by molar-refractivity contribution is 7.90. The average Bonchev–Trinajstić information content (AvgIpc) is 2.69. The SMILES string of the molecule is O=S1(=O)NC(=NCc2ccncc2Cl)Nc2c(Cc3ccccc3Cl)cccc21. The topological polar surface area (TPSA) is 83.5 Å². The number of fused-ring (bicyclic) bond motifs is 1. The molecule has 1 aromatic heterocycles. The second kappa shape index (κ2) is 8.02. The number of pyridine rings is 1. The molecule has 2 aromatic carbocycles. The maximum atomic E-state index is 12.7. The summed E-state index contributed by atoms with van der Waals surface area (Å²) >= 11 is 12.4. The van der Waals surface area contributed by atoms with Gasteiger partial charge in [0.05, 0.1) is 17.3 Å². The Morgan fingerprint density at radius 2 is 1.72 bits per heavy atom. The van der Waals surface area contributed by atoms with Crippen LogP contribution in [0.2, 0.25) is 10.0 Å². The monoisotopic (exact) mass is 446 g/mol.